The van der Waals surface area contributed by atoms with Crippen LogP contribution in [0.15, 0.2) is 42.5 Å². The first-order valence-electron chi connectivity index (χ1n) is 12.1. The number of carbonyl (C=O) groups excluding carboxylic acids is 1. The van der Waals surface area contributed by atoms with Gasteiger partial charge in [-0.1, -0.05) is 41.9 Å². The zero-order valence-electron chi connectivity index (χ0n) is 19.8. The van der Waals surface area contributed by atoms with Gasteiger partial charge >= 0.3 is 0 Å². The summed E-state index contributed by atoms with van der Waals surface area (Å²) in [6, 6.07) is 13.4. The number of nitrogens with two attached hydrogens (primary N) is 1. The lowest BCUT2D eigenvalue weighted by Gasteiger charge is -2.35. The lowest BCUT2D eigenvalue weighted by Crippen LogP contribution is -2.48. The van der Waals surface area contributed by atoms with Crippen molar-refractivity contribution in [2.45, 2.75) is 37.8 Å². The summed E-state index contributed by atoms with van der Waals surface area (Å²) in [5.41, 5.74) is 7.92. The zero-order valence-corrected chi connectivity index (χ0v) is 20.6. The molecule has 0 spiro atoms. The van der Waals surface area contributed by atoms with E-state index in [0.29, 0.717) is 28.3 Å². The van der Waals surface area contributed by atoms with Gasteiger partial charge in [0.25, 0.3) is 0 Å². The second-order valence-corrected chi connectivity index (χ2v) is 9.92. The number of rotatable bonds is 4. The second-order valence-electron chi connectivity index (χ2n) is 9.54. The molecule has 2 atom stereocenters. The molecule has 3 N–H and O–H groups in total. The summed E-state index contributed by atoms with van der Waals surface area (Å²) >= 11 is 6.88. The van der Waals surface area contributed by atoms with Gasteiger partial charge in [-0.3, -0.25) is 4.79 Å². The molecule has 3 aromatic rings. The van der Waals surface area contributed by atoms with Gasteiger partial charge in [-0.2, -0.15) is 0 Å². The number of hydrogen-bond acceptors (Lipinski definition) is 5. The van der Waals surface area contributed by atoms with Crippen molar-refractivity contribution in [3.8, 4) is 28.4 Å². The molecule has 0 saturated carbocycles. The Bertz CT molecular complexity index is 1370. The molecule has 3 aliphatic rings. The summed E-state index contributed by atoms with van der Waals surface area (Å²) in [5.74, 6) is -0.765. The molecule has 0 aliphatic carbocycles. The molecule has 1 amide bonds. The third-order valence-electron chi connectivity index (χ3n) is 7.42. The van der Waals surface area contributed by atoms with E-state index in [-0.39, 0.29) is 41.9 Å². The number of carbonyl (C=O) groups is 1. The minimum atomic E-state index is -0.780. The first-order chi connectivity index (χ1) is 17.4. The van der Waals surface area contributed by atoms with Crippen molar-refractivity contribution in [2.75, 3.05) is 19.8 Å². The van der Waals surface area contributed by atoms with Crippen LogP contribution >= 0.6 is 11.6 Å². The number of aryl methyl sites for hydroxylation is 1. The molecule has 3 aliphatic heterocycles. The van der Waals surface area contributed by atoms with Crippen LogP contribution in [0.2, 0.25) is 5.02 Å². The zero-order chi connectivity index (χ0) is 25.0. The molecule has 0 bridgehead atoms. The summed E-state index contributed by atoms with van der Waals surface area (Å²) in [6.07, 6.45) is 2.43. The Balaban J connectivity index is 1.60. The smallest absolute Gasteiger partial charge is 0.249 e. The van der Waals surface area contributed by atoms with E-state index in [1.165, 1.54) is 6.07 Å². The minimum absolute atomic E-state index is 0.0114. The third-order valence-corrected chi connectivity index (χ3v) is 7.91. The summed E-state index contributed by atoms with van der Waals surface area (Å²) in [5, 5.41) is 3.95. The molecule has 186 valence electrons. The van der Waals surface area contributed by atoms with E-state index in [0.717, 1.165) is 30.5 Å². The topological polar surface area (TPSA) is 82.8 Å². The van der Waals surface area contributed by atoms with E-state index in [4.69, 9.17) is 31.5 Å². The Labute approximate surface area is 213 Å². The van der Waals surface area contributed by atoms with Crippen molar-refractivity contribution in [3.05, 3.63) is 75.6 Å². The lowest BCUT2D eigenvalue weighted by molar-refractivity contribution is 0.0540. The lowest BCUT2D eigenvalue weighted by atomic mass is 9.80. The summed E-state index contributed by atoms with van der Waals surface area (Å²) in [4.78, 5) is 12.6. The second kappa shape index (κ2) is 8.68. The molecule has 0 aromatic heterocycles. The van der Waals surface area contributed by atoms with Crippen molar-refractivity contribution in [2.24, 2.45) is 5.73 Å². The number of hydrogen-bond donors (Lipinski definition) is 2. The molecule has 8 heteroatoms. The van der Waals surface area contributed by atoms with Gasteiger partial charge in [0.1, 0.15) is 19.0 Å². The maximum atomic E-state index is 16.1. The van der Waals surface area contributed by atoms with Gasteiger partial charge in [0, 0.05) is 23.1 Å². The van der Waals surface area contributed by atoms with E-state index in [2.05, 4.69) is 17.4 Å². The summed E-state index contributed by atoms with van der Waals surface area (Å²) < 4.78 is 34.1. The van der Waals surface area contributed by atoms with Crippen LogP contribution in [-0.2, 0) is 12.0 Å². The monoisotopic (exact) mass is 508 g/mol. The number of ether oxygens (including phenoxy) is 3. The van der Waals surface area contributed by atoms with Crippen LogP contribution < -0.4 is 25.3 Å². The van der Waals surface area contributed by atoms with Gasteiger partial charge in [0.05, 0.1) is 16.6 Å². The van der Waals surface area contributed by atoms with Gasteiger partial charge in [-0.05, 0) is 49.6 Å². The average Bonchev–Trinajstić information content (AvgIpc) is 3.55. The van der Waals surface area contributed by atoms with Crippen LogP contribution in [-0.4, -0.2) is 31.7 Å². The first kappa shape index (κ1) is 23.1. The van der Waals surface area contributed by atoms with Gasteiger partial charge in [-0.25, -0.2) is 4.39 Å². The van der Waals surface area contributed by atoms with Crippen molar-refractivity contribution >= 4 is 17.5 Å². The Morgan fingerprint density at radius 2 is 1.92 bits per heavy atom. The van der Waals surface area contributed by atoms with E-state index >= 15 is 4.39 Å². The SMILES string of the molecule is Cc1cc2c(c(-c3c(C(N)=O)cc4c(c3F)OCCO4)c1Cl)C[C@](c1ccccc1)([C@@H]1CCCN1)O2. The van der Waals surface area contributed by atoms with Crippen molar-refractivity contribution in [1.82, 2.24) is 5.32 Å². The van der Waals surface area contributed by atoms with Crippen LogP contribution in [0, 0.1) is 12.7 Å². The predicted molar refractivity (Wildman–Crippen MR) is 135 cm³/mol. The molecule has 1 saturated heterocycles. The molecule has 3 heterocycles. The summed E-state index contributed by atoms with van der Waals surface area (Å²) in [7, 11) is 0. The fraction of sp³-hybridized carbons (Fsp3) is 0.321. The number of halogens is 2. The quantitative estimate of drug-likeness (QED) is 0.523. The molecular formula is C28H26ClFN2O4. The highest BCUT2D eigenvalue weighted by Gasteiger charge is 2.50. The van der Waals surface area contributed by atoms with Crippen molar-refractivity contribution in [3.63, 3.8) is 0 Å². The highest BCUT2D eigenvalue weighted by Crippen LogP contribution is 2.53. The highest BCUT2D eigenvalue weighted by atomic mass is 35.5. The Morgan fingerprint density at radius 3 is 2.64 bits per heavy atom. The largest absolute Gasteiger partial charge is 0.486 e. The average molecular weight is 509 g/mol. The van der Waals surface area contributed by atoms with E-state index in [9.17, 15) is 4.79 Å². The predicted octanol–water partition coefficient (Wildman–Crippen LogP) is 4.91. The van der Waals surface area contributed by atoms with Crippen molar-refractivity contribution in [1.29, 1.82) is 0 Å². The molecule has 3 aromatic carbocycles. The van der Waals surface area contributed by atoms with Crippen LogP contribution in [0.4, 0.5) is 4.39 Å². The van der Waals surface area contributed by atoms with E-state index < -0.39 is 17.3 Å². The first-order valence-corrected chi connectivity index (χ1v) is 12.5. The standard InChI is InChI=1S/C28H26ClFN2O4/c1-15-12-19-18(14-28(36-19,21-8-5-9-32-21)16-6-3-2-4-7-16)22(24(15)29)23-17(27(31)33)13-20-26(25(23)30)35-11-10-34-20/h2-4,6-7,12-13,21,32H,5,8-11,14H2,1H3,(H2,31,33)/t21-,28-/m0/s1. The fourth-order valence-electron chi connectivity index (χ4n) is 5.77. The minimum Gasteiger partial charge on any atom is -0.486 e. The van der Waals surface area contributed by atoms with Crippen LogP contribution in [0.3, 0.4) is 0 Å². The van der Waals surface area contributed by atoms with Crippen LogP contribution in [0.1, 0.15) is 39.9 Å². The molecule has 36 heavy (non-hydrogen) atoms. The molecule has 6 rings (SSSR count). The van der Waals surface area contributed by atoms with E-state index in [1.807, 2.05) is 31.2 Å². The third kappa shape index (κ3) is 3.44. The van der Waals surface area contributed by atoms with Crippen LogP contribution in [0.25, 0.3) is 11.1 Å². The van der Waals surface area contributed by atoms with Gasteiger partial charge < -0.3 is 25.3 Å². The number of fused-ring (bicyclic) bond motifs is 2. The van der Waals surface area contributed by atoms with Gasteiger partial charge in [-0.15, -0.1) is 0 Å². The van der Waals surface area contributed by atoms with Gasteiger partial charge in [0.2, 0.25) is 5.91 Å². The number of benzene rings is 3. The van der Waals surface area contributed by atoms with Crippen LogP contribution in [0.5, 0.6) is 17.2 Å². The Hall–Kier alpha value is -3.29. The molecule has 0 unspecified atom stereocenters. The maximum Gasteiger partial charge on any atom is 0.249 e. The molecule has 1 fully saturated rings. The number of amides is 1. The number of nitrogens with one attached hydrogen (secondary N) is 1. The van der Waals surface area contributed by atoms with E-state index in [1.54, 1.807) is 0 Å². The number of primary amides is 1. The molecule has 0 radical (unpaired) electrons. The molecular weight excluding hydrogens is 483 g/mol. The molecule has 6 nitrogen and oxygen atoms in total. The maximum absolute atomic E-state index is 16.1. The van der Waals surface area contributed by atoms with Gasteiger partial charge in [0.15, 0.2) is 22.9 Å². The summed E-state index contributed by atoms with van der Waals surface area (Å²) in [6.45, 7) is 3.19. The highest BCUT2D eigenvalue weighted by molar-refractivity contribution is 6.34. The Kier molecular flexibility index (Phi) is 5.57. The Morgan fingerprint density at radius 1 is 1.14 bits per heavy atom. The normalized spacial score (nSPS) is 22.2. The van der Waals surface area contributed by atoms with Crippen molar-refractivity contribution < 1.29 is 23.4 Å². The fourth-order valence-corrected chi connectivity index (χ4v) is 6.03.